The van der Waals surface area contributed by atoms with E-state index in [1.54, 1.807) is 6.20 Å². The van der Waals surface area contributed by atoms with Gasteiger partial charge in [-0.15, -0.1) is 0 Å². The maximum Gasteiger partial charge on any atom is 0.194 e. The minimum atomic E-state index is -0.612. The van der Waals surface area contributed by atoms with Crippen LogP contribution in [0, 0.1) is 5.92 Å². The van der Waals surface area contributed by atoms with E-state index in [9.17, 15) is 0 Å². The summed E-state index contributed by atoms with van der Waals surface area (Å²) in [7, 11) is 0. The molecule has 0 aliphatic carbocycles. The van der Waals surface area contributed by atoms with E-state index in [1.165, 1.54) is 0 Å². The van der Waals surface area contributed by atoms with E-state index in [1.807, 2.05) is 6.08 Å². The number of nitrogens with two attached hydrogens (primary N) is 2. The van der Waals surface area contributed by atoms with Crippen molar-refractivity contribution in [3.8, 4) is 0 Å². The van der Waals surface area contributed by atoms with Crippen LogP contribution in [0.3, 0.4) is 0 Å². The van der Waals surface area contributed by atoms with Gasteiger partial charge in [-0.1, -0.05) is 0 Å². The monoisotopic (exact) mass is 181 g/mol. The molecule has 2 aliphatic rings. The van der Waals surface area contributed by atoms with Crippen molar-refractivity contribution < 1.29 is 0 Å². The molecular weight excluding hydrogens is 166 g/mol. The quantitative estimate of drug-likeness (QED) is 0.404. The molecule has 5 nitrogen and oxygen atoms in total. The largest absolute Gasteiger partial charge is 0.370 e. The number of guanidine groups is 1. The standard InChI is InChI=1S/C8H15N5/c9-7-12-4-2-8(10,13-7)6-1-3-11-5-6/h2,4,6,11H,1,3,5,10H2,(H3,9,12,13). The summed E-state index contributed by atoms with van der Waals surface area (Å²) in [5.74, 6) is 0.751. The highest BCUT2D eigenvalue weighted by molar-refractivity contribution is 5.80. The molecule has 2 heterocycles. The van der Waals surface area contributed by atoms with Crippen LogP contribution < -0.4 is 22.1 Å². The first-order chi connectivity index (χ1) is 6.21. The van der Waals surface area contributed by atoms with Gasteiger partial charge >= 0.3 is 0 Å². The molecule has 0 radical (unpaired) electrons. The summed E-state index contributed by atoms with van der Waals surface area (Å²) >= 11 is 0. The Morgan fingerprint density at radius 3 is 3.08 bits per heavy atom. The van der Waals surface area contributed by atoms with Crippen LogP contribution in [0.4, 0.5) is 0 Å². The van der Waals surface area contributed by atoms with Crippen molar-refractivity contribution in [1.29, 1.82) is 0 Å². The van der Waals surface area contributed by atoms with E-state index in [-0.39, 0.29) is 0 Å². The van der Waals surface area contributed by atoms with E-state index in [4.69, 9.17) is 11.5 Å². The topological polar surface area (TPSA) is 88.5 Å². The van der Waals surface area contributed by atoms with Crippen LogP contribution in [-0.4, -0.2) is 24.7 Å². The molecule has 0 bridgehead atoms. The normalized spacial score (nSPS) is 38.5. The molecule has 0 aromatic heterocycles. The van der Waals surface area contributed by atoms with Crippen LogP contribution in [0.1, 0.15) is 6.42 Å². The fourth-order valence-electron chi connectivity index (χ4n) is 1.82. The van der Waals surface area contributed by atoms with E-state index < -0.39 is 5.66 Å². The van der Waals surface area contributed by atoms with Gasteiger partial charge in [-0.25, -0.2) is 4.99 Å². The average Bonchev–Trinajstić information content (AvgIpc) is 2.55. The van der Waals surface area contributed by atoms with Crippen molar-refractivity contribution in [2.24, 2.45) is 22.4 Å². The van der Waals surface area contributed by atoms with Gasteiger partial charge in [-0.2, -0.15) is 0 Å². The number of hydrogen-bond acceptors (Lipinski definition) is 5. The van der Waals surface area contributed by atoms with E-state index in [2.05, 4.69) is 15.6 Å². The van der Waals surface area contributed by atoms with Crippen LogP contribution in [0.5, 0.6) is 0 Å². The lowest BCUT2D eigenvalue weighted by Gasteiger charge is -2.30. The summed E-state index contributed by atoms with van der Waals surface area (Å²) in [5, 5.41) is 6.07. The molecule has 0 saturated carbocycles. The second-order valence-electron chi connectivity index (χ2n) is 3.55. The molecule has 72 valence electrons. The lowest BCUT2D eigenvalue weighted by molar-refractivity contribution is 0.366. The van der Waals surface area contributed by atoms with Crippen molar-refractivity contribution in [2.75, 3.05) is 13.1 Å². The summed E-state index contributed by atoms with van der Waals surface area (Å²) in [6.07, 6.45) is 4.69. The number of hydrogen-bond donors (Lipinski definition) is 4. The Bertz CT molecular complexity index is 253. The number of rotatable bonds is 1. The predicted octanol–water partition coefficient (Wildman–Crippen LogP) is -1.32. The van der Waals surface area contributed by atoms with Gasteiger partial charge in [0.1, 0.15) is 5.66 Å². The molecule has 5 heteroatoms. The molecule has 1 saturated heterocycles. The lowest BCUT2D eigenvalue weighted by Crippen LogP contribution is -2.50. The van der Waals surface area contributed by atoms with E-state index in [0.29, 0.717) is 11.9 Å². The summed E-state index contributed by atoms with van der Waals surface area (Å²) in [4.78, 5) is 4.23. The summed E-state index contributed by atoms with van der Waals surface area (Å²) in [6.45, 7) is 1.93. The molecular formula is C8H15N5. The predicted molar refractivity (Wildman–Crippen MR) is 51.8 cm³/mol. The molecule has 0 spiro atoms. The fraction of sp³-hybridized carbons (Fsp3) is 0.625. The van der Waals surface area contributed by atoms with Gasteiger partial charge in [0.25, 0.3) is 0 Å². The second-order valence-corrected chi connectivity index (χ2v) is 3.55. The van der Waals surface area contributed by atoms with Gasteiger partial charge in [-0.3, -0.25) is 0 Å². The third-order valence-electron chi connectivity index (χ3n) is 2.61. The third kappa shape index (κ3) is 1.52. The summed E-state index contributed by atoms with van der Waals surface area (Å²) in [5.41, 5.74) is 11.1. The minimum absolute atomic E-state index is 0.351. The van der Waals surface area contributed by atoms with E-state index in [0.717, 1.165) is 19.5 Å². The molecule has 2 atom stereocenters. The van der Waals surface area contributed by atoms with Crippen LogP contribution in [0.25, 0.3) is 0 Å². The Hall–Kier alpha value is -1.07. The van der Waals surface area contributed by atoms with Gasteiger partial charge in [0, 0.05) is 18.7 Å². The number of nitrogens with one attached hydrogen (secondary N) is 2. The highest BCUT2D eigenvalue weighted by Gasteiger charge is 2.35. The third-order valence-corrected chi connectivity index (χ3v) is 2.61. The first-order valence-electron chi connectivity index (χ1n) is 4.50. The Balaban J connectivity index is 2.18. The SMILES string of the molecule is NC1=NC(N)(C2CCNC2)C=CN1. The van der Waals surface area contributed by atoms with Crippen LogP contribution >= 0.6 is 0 Å². The first-order valence-corrected chi connectivity index (χ1v) is 4.50. The van der Waals surface area contributed by atoms with Crippen molar-refractivity contribution in [3.63, 3.8) is 0 Å². The van der Waals surface area contributed by atoms with Crippen molar-refractivity contribution in [3.05, 3.63) is 12.3 Å². The summed E-state index contributed by atoms with van der Waals surface area (Å²) in [6, 6.07) is 0. The van der Waals surface area contributed by atoms with Crippen molar-refractivity contribution in [2.45, 2.75) is 12.1 Å². The molecule has 0 amide bonds. The molecule has 6 N–H and O–H groups in total. The first kappa shape index (κ1) is 8.52. The van der Waals surface area contributed by atoms with E-state index >= 15 is 0 Å². The highest BCUT2D eigenvalue weighted by atomic mass is 15.2. The molecule has 0 aromatic carbocycles. The van der Waals surface area contributed by atoms with Crippen LogP contribution in [-0.2, 0) is 0 Å². The molecule has 2 aliphatic heterocycles. The van der Waals surface area contributed by atoms with Gasteiger partial charge in [0.2, 0.25) is 0 Å². The van der Waals surface area contributed by atoms with Gasteiger partial charge in [-0.05, 0) is 19.0 Å². The maximum absolute atomic E-state index is 6.12. The smallest absolute Gasteiger partial charge is 0.194 e. The average molecular weight is 181 g/mol. The molecule has 13 heavy (non-hydrogen) atoms. The highest BCUT2D eigenvalue weighted by Crippen LogP contribution is 2.24. The van der Waals surface area contributed by atoms with Gasteiger partial charge < -0.3 is 22.1 Å². The minimum Gasteiger partial charge on any atom is -0.370 e. The maximum atomic E-state index is 6.12. The molecule has 0 aromatic rings. The number of nitrogens with zero attached hydrogens (tertiary/aromatic N) is 1. The van der Waals surface area contributed by atoms with Crippen LogP contribution in [0.2, 0.25) is 0 Å². The van der Waals surface area contributed by atoms with Crippen molar-refractivity contribution in [1.82, 2.24) is 10.6 Å². The number of aliphatic imine (C=N–C) groups is 1. The van der Waals surface area contributed by atoms with Crippen molar-refractivity contribution >= 4 is 5.96 Å². The van der Waals surface area contributed by atoms with Crippen LogP contribution in [0.15, 0.2) is 17.3 Å². The molecule has 2 rings (SSSR count). The zero-order chi connectivity index (χ0) is 9.31. The Kier molecular flexibility index (Phi) is 1.97. The zero-order valence-electron chi connectivity index (χ0n) is 7.46. The Morgan fingerprint density at radius 1 is 1.62 bits per heavy atom. The lowest BCUT2D eigenvalue weighted by atomic mass is 9.92. The Morgan fingerprint density at radius 2 is 2.46 bits per heavy atom. The second kappa shape index (κ2) is 3.01. The fourth-order valence-corrected chi connectivity index (χ4v) is 1.82. The van der Waals surface area contributed by atoms with Gasteiger partial charge in [0.05, 0.1) is 0 Å². The summed E-state index contributed by atoms with van der Waals surface area (Å²) < 4.78 is 0. The zero-order valence-corrected chi connectivity index (χ0v) is 7.46. The molecule has 1 fully saturated rings. The van der Waals surface area contributed by atoms with Gasteiger partial charge in [0.15, 0.2) is 5.96 Å². The Labute approximate surface area is 77.3 Å². The molecule has 2 unspecified atom stereocenters.